The number of nitrogens with zero attached hydrogens (tertiary/aromatic N) is 3. The molecule has 0 spiro atoms. The largest absolute Gasteiger partial charge is 0.393 e. The predicted molar refractivity (Wildman–Crippen MR) is 68.2 cm³/mol. The van der Waals surface area contributed by atoms with Gasteiger partial charge in [0.25, 0.3) is 0 Å². The van der Waals surface area contributed by atoms with Gasteiger partial charge >= 0.3 is 0 Å². The average Bonchev–Trinajstić information content (AvgIpc) is 2.97. The van der Waals surface area contributed by atoms with E-state index in [2.05, 4.69) is 35.8 Å². The Hall–Kier alpha value is -0.940. The van der Waals surface area contributed by atoms with Gasteiger partial charge in [0.15, 0.2) is 5.82 Å². The predicted octanol–water partition coefficient (Wildman–Crippen LogP) is 1.96. The third-order valence-electron chi connectivity index (χ3n) is 3.82. The van der Waals surface area contributed by atoms with E-state index in [0.29, 0.717) is 17.7 Å². The van der Waals surface area contributed by atoms with Gasteiger partial charge in [0.2, 0.25) is 5.89 Å². The van der Waals surface area contributed by atoms with Crippen molar-refractivity contribution in [1.82, 2.24) is 15.0 Å². The summed E-state index contributed by atoms with van der Waals surface area (Å²) in [7, 11) is 0. The number of aliphatic hydroxyl groups is 1. The van der Waals surface area contributed by atoms with Crippen LogP contribution in [0.2, 0.25) is 0 Å². The van der Waals surface area contributed by atoms with Crippen LogP contribution in [0.15, 0.2) is 4.52 Å². The van der Waals surface area contributed by atoms with Crippen LogP contribution in [0.5, 0.6) is 0 Å². The summed E-state index contributed by atoms with van der Waals surface area (Å²) in [5, 5.41) is 13.6. The van der Waals surface area contributed by atoms with Gasteiger partial charge in [-0.3, -0.25) is 4.90 Å². The molecule has 0 saturated carbocycles. The molecule has 1 aromatic rings. The van der Waals surface area contributed by atoms with E-state index in [1.165, 1.54) is 0 Å². The van der Waals surface area contributed by atoms with Crippen LogP contribution < -0.4 is 0 Å². The molecular formula is C13H23N3O2. The maximum absolute atomic E-state index is 9.62. The second-order valence-corrected chi connectivity index (χ2v) is 5.61. The molecule has 1 aliphatic rings. The number of likely N-dealkylation sites (tertiary alicyclic amines) is 1. The van der Waals surface area contributed by atoms with Crippen molar-refractivity contribution in [3.63, 3.8) is 0 Å². The molecule has 1 saturated heterocycles. The number of hydrogen-bond acceptors (Lipinski definition) is 5. The zero-order chi connectivity index (χ0) is 13.3. The highest BCUT2D eigenvalue weighted by molar-refractivity contribution is 4.97. The monoisotopic (exact) mass is 253 g/mol. The molecule has 1 fully saturated rings. The molecule has 1 aliphatic heterocycles. The fourth-order valence-corrected chi connectivity index (χ4v) is 2.37. The molecule has 3 atom stereocenters. The molecule has 0 radical (unpaired) electrons. The van der Waals surface area contributed by atoms with Gasteiger partial charge in [0, 0.05) is 12.5 Å². The highest BCUT2D eigenvalue weighted by Crippen LogP contribution is 2.28. The maximum atomic E-state index is 9.62. The van der Waals surface area contributed by atoms with E-state index in [0.717, 1.165) is 25.3 Å². The molecule has 18 heavy (non-hydrogen) atoms. The van der Waals surface area contributed by atoms with E-state index in [4.69, 9.17) is 4.52 Å². The van der Waals surface area contributed by atoms with Crippen LogP contribution in [-0.4, -0.2) is 39.3 Å². The van der Waals surface area contributed by atoms with E-state index >= 15 is 0 Å². The first-order valence-corrected chi connectivity index (χ1v) is 6.74. The summed E-state index contributed by atoms with van der Waals surface area (Å²) in [6.07, 6.45) is 0.795. The van der Waals surface area contributed by atoms with Crippen molar-refractivity contribution in [3.05, 3.63) is 11.7 Å². The van der Waals surface area contributed by atoms with E-state index in [1.807, 2.05) is 6.92 Å². The Morgan fingerprint density at radius 1 is 1.33 bits per heavy atom. The molecule has 1 N–H and O–H groups in total. The van der Waals surface area contributed by atoms with Crippen LogP contribution in [0, 0.1) is 5.92 Å². The summed E-state index contributed by atoms with van der Waals surface area (Å²) in [5.74, 6) is 2.10. The van der Waals surface area contributed by atoms with Gasteiger partial charge in [-0.15, -0.1) is 0 Å². The van der Waals surface area contributed by atoms with E-state index in [-0.39, 0.29) is 12.1 Å². The van der Waals surface area contributed by atoms with E-state index in [1.54, 1.807) is 0 Å². The fourth-order valence-electron chi connectivity index (χ4n) is 2.37. The molecule has 5 nitrogen and oxygen atoms in total. The SMILES string of the molecule is CC(C)c1noc(C(C)N2CCC(C(C)O)C2)n1. The summed E-state index contributed by atoms with van der Waals surface area (Å²) < 4.78 is 5.33. The van der Waals surface area contributed by atoms with Gasteiger partial charge < -0.3 is 9.63 Å². The minimum absolute atomic E-state index is 0.133. The highest BCUT2D eigenvalue weighted by atomic mass is 16.5. The molecule has 1 aromatic heterocycles. The second kappa shape index (κ2) is 5.36. The Labute approximate surface area is 108 Å². The van der Waals surface area contributed by atoms with Crippen LogP contribution in [0.3, 0.4) is 0 Å². The molecule has 102 valence electrons. The normalized spacial score (nSPS) is 24.7. The third-order valence-corrected chi connectivity index (χ3v) is 3.82. The first kappa shape index (κ1) is 13.5. The summed E-state index contributed by atoms with van der Waals surface area (Å²) in [6, 6.07) is 0.133. The van der Waals surface area contributed by atoms with Crippen LogP contribution >= 0.6 is 0 Å². The quantitative estimate of drug-likeness (QED) is 0.888. The Morgan fingerprint density at radius 2 is 2.06 bits per heavy atom. The van der Waals surface area contributed by atoms with Crippen LogP contribution in [0.25, 0.3) is 0 Å². The lowest BCUT2D eigenvalue weighted by molar-refractivity contribution is 0.119. The Bertz CT molecular complexity index is 389. The van der Waals surface area contributed by atoms with Crippen LogP contribution in [0.1, 0.15) is 57.8 Å². The molecule has 0 aliphatic carbocycles. The second-order valence-electron chi connectivity index (χ2n) is 5.61. The third kappa shape index (κ3) is 2.72. The molecule has 0 bridgehead atoms. The van der Waals surface area contributed by atoms with Crippen LogP contribution in [-0.2, 0) is 0 Å². The summed E-state index contributed by atoms with van der Waals surface area (Å²) in [6.45, 7) is 9.94. The maximum Gasteiger partial charge on any atom is 0.243 e. The number of hydrogen-bond donors (Lipinski definition) is 1. The van der Waals surface area contributed by atoms with Gasteiger partial charge in [-0.05, 0) is 32.7 Å². The smallest absolute Gasteiger partial charge is 0.243 e. The van der Waals surface area contributed by atoms with Gasteiger partial charge in [-0.2, -0.15) is 4.98 Å². The molecule has 5 heteroatoms. The molecule has 0 aromatic carbocycles. The Morgan fingerprint density at radius 3 is 2.56 bits per heavy atom. The van der Waals surface area contributed by atoms with Crippen molar-refractivity contribution in [2.75, 3.05) is 13.1 Å². The molecule has 2 rings (SSSR count). The van der Waals surface area contributed by atoms with Gasteiger partial charge in [0.05, 0.1) is 12.1 Å². The summed E-state index contributed by atoms with van der Waals surface area (Å²) in [5.41, 5.74) is 0. The zero-order valence-electron chi connectivity index (χ0n) is 11.6. The van der Waals surface area contributed by atoms with Crippen molar-refractivity contribution in [1.29, 1.82) is 0 Å². The standard InChI is InChI=1S/C13H23N3O2/c1-8(2)12-14-13(18-15-12)9(3)16-6-5-11(7-16)10(4)17/h8-11,17H,5-7H2,1-4H3. The van der Waals surface area contributed by atoms with Crippen molar-refractivity contribution in [2.24, 2.45) is 5.92 Å². The van der Waals surface area contributed by atoms with Crippen molar-refractivity contribution in [3.8, 4) is 0 Å². The summed E-state index contributed by atoms with van der Waals surface area (Å²) in [4.78, 5) is 6.74. The first-order chi connectivity index (χ1) is 8.49. The minimum Gasteiger partial charge on any atom is -0.393 e. The van der Waals surface area contributed by atoms with Crippen molar-refractivity contribution >= 4 is 0 Å². The lowest BCUT2D eigenvalue weighted by Crippen LogP contribution is -2.27. The van der Waals surface area contributed by atoms with E-state index in [9.17, 15) is 5.11 Å². The summed E-state index contributed by atoms with van der Waals surface area (Å²) >= 11 is 0. The zero-order valence-corrected chi connectivity index (χ0v) is 11.6. The lowest BCUT2D eigenvalue weighted by Gasteiger charge is -2.21. The number of aliphatic hydroxyl groups excluding tert-OH is 1. The van der Waals surface area contributed by atoms with Gasteiger partial charge in [-0.25, -0.2) is 0 Å². The van der Waals surface area contributed by atoms with Crippen molar-refractivity contribution in [2.45, 2.75) is 52.2 Å². The average molecular weight is 253 g/mol. The first-order valence-electron chi connectivity index (χ1n) is 6.74. The van der Waals surface area contributed by atoms with E-state index < -0.39 is 0 Å². The van der Waals surface area contributed by atoms with Crippen LogP contribution in [0.4, 0.5) is 0 Å². The van der Waals surface area contributed by atoms with Crippen molar-refractivity contribution < 1.29 is 9.63 Å². The van der Waals surface area contributed by atoms with Gasteiger partial charge in [0.1, 0.15) is 0 Å². The molecule has 3 unspecified atom stereocenters. The highest BCUT2D eigenvalue weighted by Gasteiger charge is 2.31. The topological polar surface area (TPSA) is 62.4 Å². The Balaban J connectivity index is 2.01. The molecular weight excluding hydrogens is 230 g/mol. The fraction of sp³-hybridized carbons (Fsp3) is 0.846. The molecule has 2 heterocycles. The number of rotatable bonds is 4. The lowest BCUT2D eigenvalue weighted by atomic mass is 10.0. The molecule has 0 amide bonds. The minimum atomic E-state index is -0.240. The van der Waals surface area contributed by atoms with Gasteiger partial charge in [-0.1, -0.05) is 19.0 Å². The Kier molecular flexibility index (Phi) is 4.02. The number of aromatic nitrogens is 2.